The number of hydrogen-bond acceptors (Lipinski definition) is 2. The van der Waals surface area contributed by atoms with Crippen LogP contribution in [0.5, 0.6) is 0 Å². The van der Waals surface area contributed by atoms with Crippen LogP contribution in [0.1, 0.15) is 11.1 Å². The van der Waals surface area contributed by atoms with Gasteiger partial charge < -0.3 is 22.8 Å². The van der Waals surface area contributed by atoms with E-state index < -0.39 is 0 Å². The fourth-order valence-electron chi connectivity index (χ4n) is 14.5. The van der Waals surface area contributed by atoms with Crippen molar-refractivity contribution < 1.29 is 0 Å². The summed E-state index contributed by atoms with van der Waals surface area (Å²) >= 11 is 0. The van der Waals surface area contributed by atoms with Gasteiger partial charge in [-0.15, -0.1) is 0 Å². The quantitative estimate of drug-likeness (QED) is 0.160. The molecule has 13 aromatic carbocycles. The van der Waals surface area contributed by atoms with Gasteiger partial charge in [0.1, 0.15) is 0 Å². The molecule has 18 aromatic rings. The Hall–Kier alpha value is -12.2. The number of benzene rings is 13. The molecule has 5 heterocycles. The van der Waals surface area contributed by atoms with E-state index in [1.165, 1.54) is 16.3 Å². The van der Waals surface area contributed by atoms with Gasteiger partial charge in [-0.25, -0.2) is 0 Å². The molecule has 0 atom stereocenters. The third kappa shape index (κ3) is 6.97. The second-order valence-corrected chi connectivity index (χ2v) is 22.6. The van der Waals surface area contributed by atoms with Crippen LogP contribution in [0.4, 0.5) is 0 Å². The monoisotopic (exact) mass is 1110 g/mol. The summed E-state index contributed by atoms with van der Waals surface area (Å²) in [6.07, 6.45) is 0. The van der Waals surface area contributed by atoms with E-state index in [4.69, 9.17) is 0 Å². The van der Waals surface area contributed by atoms with Crippen LogP contribution < -0.4 is 0 Å². The second-order valence-electron chi connectivity index (χ2n) is 22.6. The molecule has 0 N–H and O–H groups in total. The van der Waals surface area contributed by atoms with Crippen LogP contribution in [0.25, 0.3) is 160 Å². The van der Waals surface area contributed by atoms with Crippen LogP contribution in [0.15, 0.2) is 285 Å². The van der Waals surface area contributed by atoms with E-state index in [0.29, 0.717) is 11.1 Å². The summed E-state index contributed by atoms with van der Waals surface area (Å²) in [5, 5.41) is 33.1. The van der Waals surface area contributed by atoms with Gasteiger partial charge in [0.25, 0.3) is 0 Å². The molecule has 5 aromatic heterocycles. The average Bonchev–Trinajstić information content (AvgIpc) is 1.66. The van der Waals surface area contributed by atoms with E-state index in [-0.39, 0.29) is 0 Å². The molecular weight excluding hydrogens is 1060 g/mol. The summed E-state index contributed by atoms with van der Waals surface area (Å²) in [6, 6.07) is 107. The normalized spacial score (nSPS) is 11.9. The molecule has 87 heavy (non-hydrogen) atoms. The average molecular weight is 1110 g/mol. The lowest BCUT2D eigenvalue weighted by Crippen LogP contribution is -2.14. The maximum atomic E-state index is 10.9. The highest BCUT2D eigenvalue weighted by Crippen LogP contribution is 2.51. The lowest BCUT2D eigenvalue weighted by molar-refractivity contribution is 1.02. The first-order valence-electron chi connectivity index (χ1n) is 29.4. The standard InChI is InChI=1S/C80H47N7/c81-48-50-42-51(49-82)44-54(43-50)64-47-77(84-68-31-13-4-22-56(68)57-23-5-14-32-69(57)84)79(80(87-72-35-17-8-26-60(72)61-27-9-18-36-73(61)87)78(64)85-70-33-15-6-24-58(70)59-25-7-16-34-71(59)85)86-74-37-19-11-29-63(74)66-46-53(39-41-76(66)86)52-38-40-75-65(45-52)62-28-10-12-30-67(62)83(75)55-20-2-1-3-21-55/h1-47H. The smallest absolute Gasteiger partial charge is 0.0992 e. The van der Waals surface area contributed by atoms with E-state index in [9.17, 15) is 10.5 Å². The van der Waals surface area contributed by atoms with Gasteiger partial charge in [-0.1, -0.05) is 176 Å². The molecule has 0 saturated heterocycles. The number of nitrogens with zero attached hydrogens (tertiary/aromatic N) is 7. The largest absolute Gasteiger partial charge is 0.309 e. The molecule has 7 nitrogen and oxygen atoms in total. The third-order valence-electron chi connectivity index (χ3n) is 18.1. The summed E-state index contributed by atoms with van der Waals surface area (Å²) in [6.45, 7) is 0. The predicted octanol–water partition coefficient (Wildman–Crippen LogP) is 20.2. The van der Waals surface area contributed by atoms with E-state index >= 15 is 0 Å². The Morgan fingerprint density at radius 1 is 0.218 bits per heavy atom. The van der Waals surface area contributed by atoms with Crippen molar-refractivity contribution in [2.45, 2.75) is 0 Å². The minimum atomic E-state index is 0.400. The van der Waals surface area contributed by atoms with Crippen molar-refractivity contribution >= 4 is 109 Å². The van der Waals surface area contributed by atoms with Gasteiger partial charge in [0.05, 0.1) is 101 Å². The van der Waals surface area contributed by atoms with E-state index in [1.807, 2.05) is 12.1 Å². The molecular formula is C80H47N7. The molecule has 0 aliphatic heterocycles. The highest BCUT2D eigenvalue weighted by molar-refractivity contribution is 6.18. The molecule has 0 aliphatic carbocycles. The van der Waals surface area contributed by atoms with Crippen molar-refractivity contribution in [2.24, 2.45) is 0 Å². The van der Waals surface area contributed by atoms with Crippen LogP contribution in [-0.4, -0.2) is 22.8 Å². The molecule has 0 amide bonds. The zero-order valence-corrected chi connectivity index (χ0v) is 46.8. The van der Waals surface area contributed by atoms with Crippen LogP contribution in [0.2, 0.25) is 0 Å². The summed E-state index contributed by atoms with van der Waals surface area (Å²) in [7, 11) is 0. The molecule has 0 unspecified atom stereocenters. The fraction of sp³-hybridized carbons (Fsp3) is 0. The fourth-order valence-corrected chi connectivity index (χ4v) is 14.5. The molecule has 0 bridgehead atoms. The van der Waals surface area contributed by atoms with E-state index in [2.05, 4.69) is 302 Å². The maximum Gasteiger partial charge on any atom is 0.0992 e. The van der Waals surface area contributed by atoms with Crippen LogP contribution in [-0.2, 0) is 0 Å². The SMILES string of the molecule is N#Cc1cc(C#N)cc(-c2cc(-n3c4ccccc4c4ccccc43)c(-n3c4ccccc4c4cc(-c5ccc6c(c5)c5ccccc5n6-c5ccccc5)ccc43)c(-n3c4ccccc4c4ccccc43)c2-n2c3ccccc3c3ccccc32)c1. The van der Waals surface area contributed by atoms with Gasteiger partial charge in [-0.05, 0) is 126 Å². The lowest BCUT2D eigenvalue weighted by Gasteiger charge is -2.28. The summed E-state index contributed by atoms with van der Waals surface area (Å²) in [5.41, 5.74) is 20.0. The van der Waals surface area contributed by atoms with Gasteiger partial charge in [-0.3, -0.25) is 0 Å². The Kier molecular flexibility index (Phi) is 10.4. The Bertz CT molecular complexity index is 5850. The van der Waals surface area contributed by atoms with Crippen molar-refractivity contribution in [3.63, 3.8) is 0 Å². The van der Waals surface area contributed by atoms with Gasteiger partial charge in [0.2, 0.25) is 0 Å². The molecule has 18 rings (SSSR count). The second kappa shape index (κ2) is 18.7. The van der Waals surface area contributed by atoms with Gasteiger partial charge in [-0.2, -0.15) is 10.5 Å². The number of rotatable bonds is 7. The number of para-hydroxylation sites is 9. The van der Waals surface area contributed by atoms with Gasteiger partial charge in [0.15, 0.2) is 0 Å². The zero-order chi connectivity index (χ0) is 57.4. The van der Waals surface area contributed by atoms with Crippen molar-refractivity contribution in [1.29, 1.82) is 10.5 Å². The number of hydrogen-bond donors (Lipinski definition) is 0. The summed E-state index contributed by atoms with van der Waals surface area (Å²) in [5.74, 6) is 0. The lowest BCUT2D eigenvalue weighted by atomic mass is 9.95. The minimum Gasteiger partial charge on any atom is -0.309 e. The minimum absolute atomic E-state index is 0.400. The van der Waals surface area contributed by atoms with Crippen LogP contribution >= 0.6 is 0 Å². The van der Waals surface area contributed by atoms with E-state index in [0.717, 1.165) is 143 Å². The first-order valence-corrected chi connectivity index (χ1v) is 29.4. The van der Waals surface area contributed by atoms with Crippen LogP contribution in [0.3, 0.4) is 0 Å². The van der Waals surface area contributed by atoms with Crippen molar-refractivity contribution in [3.05, 3.63) is 296 Å². The van der Waals surface area contributed by atoms with Crippen molar-refractivity contribution in [1.82, 2.24) is 22.8 Å². The highest BCUT2D eigenvalue weighted by Gasteiger charge is 2.32. The van der Waals surface area contributed by atoms with Gasteiger partial charge >= 0.3 is 0 Å². The molecule has 0 radical (unpaired) electrons. The first kappa shape index (κ1) is 48.4. The summed E-state index contributed by atoms with van der Waals surface area (Å²) < 4.78 is 12.3. The molecule has 7 heteroatoms. The summed E-state index contributed by atoms with van der Waals surface area (Å²) in [4.78, 5) is 0. The number of nitriles is 2. The van der Waals surface area contributed by atoms with Crippen LogP contribution in [0, 0.1) is 22.7 Å². The van der Waals surface area contributed by atoms with E-state index in [1.54, 1.807) is 6.07 Å². The maximum absolute atomic E-state index is 10.9. The molecule has 0 fully saturated rings. The topological polar surface area (TPSA) is 72.2 Å². The Morgan fingerprint density at radius 3 is 0.931 bits per heavy atom. The molecule has 402 valence electrons. The zero-order valence-electron chi connectivity index (χ0n) is 46.8. The number of aromatic nitrogens is 5. The third-order valence-corrected chi connectivity index (χ3v) is 18.1. The predicted molar refractivity (Wildman–Crippen MR) is 358 cm³/mol. The van der Waals surface area contributed by atoms with Crippen molar-refractivity contribution in [3.8, 4) is 62.8 Å². The van der Waals surface area contributed by atoms with Crippen molar-refractivity contribution in [2.75, 3.05) is 0 Å². The molecule has 0 saturated carbocycles. The number of fused-ring (bicyclic) bond motifs is 15. The molecule has 0 spiro atoms. The Labute approximate surface area is 498 Å². The Morgan fingerprint density at radius 2 is 0.529 bits per heavy atom. The highest BCUT2D eigenvalue weighted by atomic mass is 15.1. The van der Waals surface area contributed by atoms with Gasteiger partial charge in [0, 0.05) is 65.1 Å². The Balaban J connectivity index is 1.06. The molecule has 0 aliphatic rings. The first-order chi connectivity index (χ1) is 43.1.